The number of nitrogens with one attached hydrogen (secondary N) is 1. The summed E-state index contributed by atoms with van der Waals surface area (Å²) < 4.78 is 69.8. The fourth-order valence-corrected chi connectivity index (χ4v) is 5.46. The minimum absolute atomic E-state index is 0.132. The first-order valence-corrected chi connectivity index (χ1v) is 13.4. The summed E-state index contributed by atoms with van der Waals surface area (Å²) in [5.74, 6) is -5.05. The number of thiazole rings is 1. The average molecular weight is 638 g/mol. The van der Waals surface area contributed by atoms with E-state index in [1.165, 1.54) is 27.9 Å². The van der Waals surface area contributed by atoms with Crippen LogP contribution in [0.15, 0.2) is 28.8 Å². The van der Waals surface area contributed by atoms with Crippen molar-refractivity contribution >= 4 is 63.3 Å². The van der Waals surface area contributed by atoms with Crippen molar-refractivity contribution in [2.45, 2.75) is 25.1 Å². The van der Waals surface area contributed by atoms with Gasteiger partial charge in [-0.05, 0) is 12.1 Å². The second kappa shape index (κ2) is 10.7. The van der Waals surface area contributed by atoms with Gasteiger partial charge in [0, 0.05) is 24.5 Å². The first-order chi connectivity index (χ1) is 19.3. The van der Waals surface area contributed by atoms with Crippen molar-refractivity contribution in [3.63, 3.8) is 0 Å². The van der Waals surface area contributed by atoms with Gasteiger partial charge in [0.25, 0.3) is 5.91 Å². The largest absolute Gasteiger partial charge is 0.490 e. The molecular formula is C23H18Cl2F5N7O3S. The smallest absolute Gasteiger partial charge is 0.453 e. The number of aromatic nitrogens is 3. The number of carbonyl (C=O) groups excluding carboxylic acids is 2. The van der Waals surface area contributed by atoms with Crippen LogP contribution in [0.2, 0.25) is 10.0 Å². The highest BCUT2D eigenvalue weighted by Crippen LogP contribution is 2.41. The molecule has 0 saturated heterocycles. The zero-order valence-electron chi connectivity index (χ0n) is 20.8. The Morgan fingerprint density at radius 2 is 1.90 bits per heavy atom. The molecule has 5 rings (SSSR count). The summed E-state index contributed by atoms with van der Waals surface area (Å²) in [6.45, 7) is -0.0967. The van der Waals surface area contributed by atoms with Crippen molar-refractivity contribution in [1.29, 1.82) is 0 Å². The van der Waals surface area contributed by atoms with Gasteiger partial charge in [0.2, 0.25) is 11.9 Å². The van der Waals surface area contributed by atoms with Crippen molar-refractivity contribution in [3.8, 4) is 17.0 Å². The van der Waals surface area contributed by atoms with E-state index in [4.69, 9.17) is 27.9 Å². The predicted octanol–water partition coefficient (Wildman–Crippen LogP) is 5.18. The molecule has 0 spiro atoms. The molecule has 4 heterocycles. The van der Waals surface area contributed by atoms with Gasteiger partial charge in [0.05, 0.1) is 41.6 Å². The topological polar surface area (TPSA) is 105 Å². The normalized spacial score (nSPS) is 15.1. The van der Waals surface area contributed by atoms with E-state index in [1.54, 1.807) is 12.4 Å². The van der Waals surface area contributed by atoms with Gasteiger partial charge in [-0.15, -0.1) is 11.3 Å². The zero-order valence-corrected chi connectivity index (χ0v) is 23.1. The summed E-state index contributed by atoms with van der Waals surface area (Å²) in [5, 5.41) is 4.20. The number of halogens is 7. The molecule has 10 nitrogen and oxygen atoms in total. The molecule has 1 N–H and O–H groups in total. The maximum Gasteiger partial charge on any atom is 0.453 e. The van der Waals surface area contributed by atoms with Gasteiger partial charge < -0.3 is 14.6 Å². The molecule has 3 aromatic rings. The number of rotatable bonds is 8. The zero-order chi connectivity index (χ0) is 29.7. The molecule has 18 heteroatoms. The van der Waals surface area contributed by atoms with Gasteiger partial charge in [0.1, 0.15) is 6.54 Å². The molecular weight excluding hydrogens is 620 g/mol. The Kier molecular flexibility index (Phi) is 7.59. The van der Waals surface area contributed by atoms with Crippen molar-refractivity contribution < 1.29 is 36.3 Å². The lowest BCUT2D eigenvalue weighted by Gasteiger charge is -2.30. The van der Waals surface area contributed by atoms with Crippen molar-refractivity contribution in [1.82, 2.24) is 19.4 Å². The second-order valence-electron chi connectivity index (χ2n) is 8.90. The lowest BCUT2D eigenvalue weighted by molar-refractivity contribution is -0.285. The number of nitrogens with zero attached hydrogens (tertiary/aromatic N) is 6. The van der Waals surface area contributed by atoms with Crippen molar-refractivity contribution in [2.24, 2.45) is 4.99 Å². The lowest BCUT2D eigenvalue weighted by atomic mass is 10.1. The van der Waals surface area contributed by atoms with Gasteiger partial charge >= 0.3 is 12.1 Å². The Morgan fingerprint density at radius 1 is 1.20 bits per heavy atom. The van der Waals surface area contributed by atoms with E-state index in [-0.39, 0.29) is 39.1 Å². The average Bonchev–Trinajstić information content (AvgIpc) is 3.63. The summed E-state index contributed by atoms with van der Waals surface area (Å²) >= 11 is 13.4. The van der Waals surface area contributed by atoms with Crippen LogP contribution in [0.5, 0.6) is 5.75 Å². The number of ether oxygens (including phenoxy) is 1. The van der Waals surface area contributed by atoms with Crippen LogP contribution in [0, 0.1) is 0 Å². The van der Waals surface area contributed by atoms with Crippen molar-refractivity contribution in [3.05, 3.63) is 39.6 Å². The standard InChI is InChI=1S/C23H18Cl2F5N7O3S/c1-35-19(39)16-18(37-4-3-31-21(35)37)32-10-36(16)8-15(38)34-20-33-14(9-41-20)11-6-12(24)17(13(25)7-11)40-5-2-22(26,27)23(28,29)30/h6-7,9-10H,2-5,8H2,1H3,(H,33,34,38). The summed E-state index contributed by atoms with van der Waals surface area (Å²) in [4.78, 5) is 41.8. The molecule has 0 radical (unpaired) electrons. The third-order valence-corrected chi connectivity index (χ3v) is 7.45. The van der Waals surface area contributed by atoms with E-state index < -0.39 is 31.0 Å². The quantitative estimate of drug-likeness (QED) is 0.341. The molecule has 0 saturated carbocycles. The highest BCUT2D eigenvalue weighted by atomic mass is 35.5. The minimum atomic E-state index is -5.70. The molecule has 0 bridgehead atoms. The predicted molar refractivity (Wildman–Crippen MR) is 141 cm³/mol. The molecule has 0 atom stereocenters. The van der Waals surface area contributed by atoms with Crippen LogP contribution in [-0.2, 0) is 11.3 Å². The van der Waals surface area contributed by atoms with Gasteiger partial charge in [-0.3, -0.25) is 24.4 Å². The van der Waals surface area contributed by atoms with Crippen LogP contribution in [0.25, 0.3) is 11.3 Å². The number of benzene rings is 1. The number of aliphatic imine (C=N–C) groups is 1. The van der Waals surface area contributed by atoms with Crippen LogP contribution < -0.4 is 15.0 Å². The van der Waals surface area contributed by atoms with Crippen LogP contribution in [0.4, 0.5) is 32.9 Å². The van der Waals surface area contributed by atoms with E-state index in [0.29, 0.717) is 36.1 Å². The Balaban J connectivity index is 1.24. The number of hydrogen-bond acceptors (Lipinski definition) is 8. The number of carbonyl (C=O) groups is 2. The van der Waals surface area contributed by atoms with Crippen LogP contribution in [0.1, 0.15) is 16.9 Å². The Bertz CT molecular complexity index is 1540. The third kappa shape index (κ3) is 5.55. The highest BCUT2D eigenvalue weighted by molar-refractivity contribution is 7.14. The number of amides is 2. The maximum absolute atomic E-state index is 13.1. The Morgan fingerprint density at radius 3 is 2.59 bits per heavy atom. The molecule has 2 aliphatic heterocycles. The molecule has 218 valence electrons. The van der Waals surface area contributed by atoms with Crippen LogP contribution in [-0.4, -0.2) is 76.1 Å². The molecule has 0 unspecified atom stereocenters. The number of hydrogen-bond donors (Lipinski definition) is 1. The molecule has 0 fully saturated rings. The number of imidazole rings is 1. The fraction of sp³-hybridized carbons (Fsp3) is 0.348. The molecule has 2 amide bonds. The van der Waals surface area contributed by atoms with E-state index >= 15 is 0 Å². The number of guanidine groups is 1. The number of anilines is 2. The first-order valence-electron chi connectivity index (χ1n) is 11.7. The molecule has 0 aliphatic carbocycles. The molecule has 2 aromatic heterocycles. The number of fused-ring (bicyclic) bond motifs is 3. The minimum Gasteiger partial charge on any atom is -0.490 e. The highest BCUT2D eigenvalue weighted by Gasteiger charge is 2.57. The van der Waals surface area contributed by atoms with E-state index in [0.717, 1.165) is 11.3 Å². The monoisotopic (exact) mass is 637 g/mol. The molecule has 1 aromatic carbocycles. The Labute approximate surface area is 242 Å². The van der Waals surface area contributed by atoms with Crippen molar-refractivity contribution in [2.75, 3.05) is 37.0 Å². The third-order valence-electron chi connectivity index (χ3n) is 6.14. The first kappa shape index (κ1) is 29.0. The summed E-state index contributed by atoms with van der Waals surface area (Å²) in [7, 11) is 1.60. The fourth-order valence-electron chi connectivity index (χ4n) is 4.13. The maximum atomic E-state index is 13.1. The second-order valence-corrected chi connectivity index (χ2v) is 10.6. The molecule has 41 heavy (non-hydrogen) atoms. The Hall–Kier alpha value is -3.50. The van der Waals surface area contributed by atoms with E-state index in [1.807, 2.05) is 4.90 Å². The lowest BCUT2D eigenvalue weighted by Crippen LogP contribution is -2.48. The number of alkyl halides is 5. The van der Waals surface area contributed by atoms with Crippen LogP contribution >= 0.6 is 34.5 Å². The van der Waals surface area contributed by atoms with Crippen LogP contribution in [0.3, 0.4) is 0 Å². The van der Waals surface area contributed by atoms with Gasteiger partial charge in [-0.2, -0.15) is 22.0 Å². The summed E-state index contributed by atoms with van der Waals surface area (Å²) in [5.41, 5.74) is 0.990. The SMILES string of the molecule is CN1C(=O)c2c(ncn2CC(=O)Nc2nc(-c3cc(Cl)c(OCCC(F)(F)C(F)(F)F)c(Cl)c3)cs2)N2CCN=C12. The molecule has 2 aliphatic rings. The summed E-state index contributed by atoms with van der Waals surface area (Å²) in [6, 6.07) is 2.70. The van der Waals surface area contributed by atoms with Gasteiger partial charge in [-0.25, -0.2) is 9.97 Å². The van der Waals surface area contributed by atoms with Gasteiger partial charge in [0.15, 0.2) is 22.4 Å². The van der Waals surface area contributed by atoms with E-state index in [2.05, 4.69) is 20.3 Å². The summed E-state index contributed by atoms with van der Waals surface area (Å²) in [6.07, 6.45) is -5.91. The van der Waals surface area contributed by atoms with E-state index in [9.17, 15) is 31.5 Å². The van der Waals surface area contributed by atoms with Gasteiger partial charge in [-0.1, -0.05) is 23.2 Å².